The summed E-state index contributed by atoms with van der Waals surface area (Å²) >= 11 is 0. The third-order valence-electron chi connectivity index (χ3n) is 2.15. The number of ether oxygens (including phenoxy) is 1. The van der Waals surface area contributed by atoms with Crippen molar-refractivity contribution in [1.29, 1.82) is 0 Å². The second kappa shape index (κ2) is 4.23. The second-order valence-corrected chi connectivity index (χ2v) is 2.97. The first kappa shape index (κ1) is 9.98. The Bertz CT molecular complexity index is 216. The minimum Gasteiger partial charge on any atom is -0.480 e. The molecule has 0 saturated carbocycles. The second-order valence-electron chi connectivity index (χ2n) is 2.97. The van der Waals surface area contributed by atoms with Crippen LogP contribution in [0.1, 0.15) is 12.8 Å². The summed E-state index contributed by atoms with van der Waals surface area (Å²) in [5.74, 6) is -1.02. The zero-order valence-electron chi connectivity index (χ0n) is 7.52. The van der Waals surface area contributed by atoms with Crippen LogP contribution in [0.15, 0.2) is 0 Å². The van der Waals surface area contributed by atoms with Crippen LogP contribution in [0.2, 0.25) is 0 Å². The number of carboxylic acid groups (broad SMARTS) is 1. The lowest BCUT2D eigenvalue weighted by Gasteiger charge is -2.20. The van der Waals surface area contributed by atoms with Gasteiger partial charge in [0, 0.05) is 20.1 Å². The zero-order valence-corrected chi connectivity index (χ0v) is 7.52. The molecule has 0 aromatic heterocycles. The number of nitrogens with zero attached hydrogens (tertiary/aromatic N) is 1. The lowest BCUT2D eigenvalue weighted by molar-refractivity contribution is -0.146. The fraction of sp³-hybridized carbons (Fsp3) is 0.750. The summed E-state index contributed by atoms with van der Waals surface area (Å²) in [5.41, 5.74) is 0. The van der Waals surface area contributed by atoms with Crippen molar-refractivity contribution in [3.05, 3.63) is 0 Å². The summed E-state index contributed by atoms with van der Waals surface area (Å²) in [5, 5.41) is 8.77. The molecule has 5 nitrogen and oxygen atoms in total. The number of aliphatic carboxylic acids is 1. The monoisotopic (exact) mass is 187 g/mol. The van der Waals surface area contributed by atoms with E-state index in [9.17, 15) is 9.59 Å². The van der Waals surface area contributed by atoms with Crippen LogP contribution < -0.4 is 0 Å². The Morgan fingerprint density at radius 3 is 3.00 bits per heavy atom. The first-order valence-electron chi connectivity index (χ1n) is 4.18. The normalized spacial score (nSPS) is 22.4. The Labute approximate surface area is 76.3 Å². The van der Waals surface area contributed by atoms with Crippen LogP contribution in [0.3, 0.4) is 0 Å². The molecule has 1 atom stereocenters. The van der Waals surface area contributed by atoms with E-state index in [0.717, 1.165) is 0 Å². The van der Waals surface area contributed by atoms with Gasteiger partial charge in [-0.3, -0.25) is 4.79 Å². The SMILES string of the molecule is COCCN1C(=O)CCC1C(=O)O. The molecule has 1 saturated heterocycles. The fourth-order valence-electron chi connectivity index (χ4n) is 1.46. The number of carboxylic acids is 1. The maximum absolute atomic E-state index is 11.2. The van der Waals surface area contributed by atoms with Crippen molar-refractivity contribution in [1.82, 2.24) is 4.90 Å². The Morgan fingerprint density at radius 1 is 1.77 bits per heavy atom. The molecular formula is C8H13NO4. The number of hydrogen-bond acceptors (Lipinski definition) is 3. The smallest absolute Gasteiger partial charge is 0.326 e. The van der Waals surface area contributed by atoms with Crippen LogP contribution >= 0.6 is 0 Å². The van der Waals surface area contributed by atoms with E-state index in [4.69, 9.17) is 9.84 Å². The molecule has 1 aliphatic rings. The first-order valence-corrected chi connectivity index (χ1v) is 4.18. The van der Waals surface area contributed by atoms with Gasteiger partial charge in [-0.2, -0.15) is 0 Å². The Hall–Kier alpha value is -1.10. The van der Waals surface area contributed by atoms with Crippen LogP contribution in [0.4, 0.5) is 0 Å². The molecule has 0 bridgehead atoms. The van der Waals surface area contributed by atoms with E-state index in [1.807, 2.05) is 0 Å². The third-order valence-corrected chi connectivity index (χ3v) is 2.15. The van der Waals surface area contributed by atoms with E-state index >= 15 is 0 Å². The molecule has 1 heterocycles. The topological polar surface area (TPSA) is 66.8 Å². The standard InChI is InChI=1S/C8H13NO4/c1-13-5-4-9-6(8(11)12)2-3-7(9)10/h6H,2-5H2,1H3,(H,11,12). The van der Waals surface area contributed by atoms with Gasteiger partial charge in [0.25, 0.3) is 0 Å². The lowest BCUT2D eigenvalue weighted by atomic mass is 10.2. The molecule has 0 spiro atoms. The van der Waals surface area contributed by atoms with E-state index in [-0.39, 0.29) is 5.91 Å². The maximum atomic E-state index is 11.2. The van der Waals surface area contributed by atoms with E-state index in [0.29, 0.717) is 26.0 Å². The highest BCUT2D eigenvalue weighted by molar-refractivity contribution is 5.87. The van der Waals surface area contributed by atoms with Gasteiger partial charge in [-0.05, 0) is 6.42 Å². The van der Waals surface area contributed by atoms with Crippen molar-refractivity contribution in [2.24, 2.45) is 0 Å². The number of rotatable bonds is 4. The molecule has 1 rings (SSSR count). The van der Waals surface area contributed by atoms with Crippen LogP contribution in [-0.2, 0) is 14.3 Å². The van der Waals surface area contributed by atoms with E-state index in [2.05, 4.69) is 0 Å². The van der Waals surface area contributed by atoms with Crippen molar-refractivity contribution in [3.63, 3.8) is 0 Å². The number of likely N-dealkylation sites (tertiary alicyclic amines) is 1. The molecule has 0 aromatic carbocycles. The number of amides is 1. The van der Waals surface area contributed by atoms with Gasteiger partial charge in [0.15, 0.2) is 0 Å². The quantitative estimate of drug-likeness (QED) is 0.656. The van der Waals surface area contributed by atoms with Crippen molar-refractivity contribution < 1.29 is 19.4 Å². The van der Waals surface area contributed by atoms with E-state index in [1.165, 1.54) is 12.0 Å². The van der Waals surface area contributed by atoms with Crippen LogP contribution in [0.25, 0.3) is 0 Å². The molecule has 1 fully saturated rings. The van der Waals surface area contributed by atoms with Gasteiger partial charge in [0.05, 0.1) is 6.61 Å². The fourth-order valence-corrected chi connectivity index (χ4v) is 1.46. The van der Waals surface area contributed by atoms with Gasteiger partial charge in [0.2, 0.25) is 5.91 Å². The largest absolute Gasteiger partial charge is 0.480 e. The molecule has 1 aliphatic heterocycles. The van der Waals surface area contributed by atoms with Crippen LogP contribution in [0.5, 0.6) is 0 Å². The van der Waals surface area contributed by atoms with Crippen LogP contribution in [-0.4, -0.2) is 48.2 Å². The molecular weight excluding hydrogens is 174 g/mol. The number of carbonyl (C=O) groups excluding carboxylic acids is 1. The molecule has 0 aliphatic carbocycles. The number of methoxy groups -OCH3 is 1. The van der Waals surface area contributed by atoms with Gasteiger partial charge in [-0.25, -0.2) is 4.79 Å². The summed E-state index contributed by atoms with van der Waals surface area (Å²) in [7, 11) is 1.52. The van der Waals surface area contributed by atoms with E-state index in [1.54, 1.807) is 0 Å². The highest BCUT2D eigenvalue weighted by Gasteiger charge is 2.35. The molecule has 74 valence electrons. The van der Waals surface area contributed by atoms with Gasteiger partial charge < -0.3 is 14.7 Å². The Balaban J connectivity index is 2.55. The van der Waals surface area contributed by atoms with Gasteiger partial charge in [-0.1, -0.05) is 0 Å². The predicted molar refractivity (Wildman–Crippen MR) is 44.2 cm³/mol. The predicted octanol–water partition coefficient (Wildman–Crippen LogP) is -0.292. The summed E-state index contributed by atoms with van der Waals surface area (Å²) in [6, 6.07) is -0.650. The number of hydrogen-bond donors (Lipinski definition) is 1. The Kier molecular flexibility index (Phi) is 3.25. The highest BCUT2D eigenvalue weighted by Crippen LogP contribution is 2.18. The van der Waals surface area contributed by atoms with Gasteiger partial charge >= 0.3 is 5.97 Å². The summed E-state index contributed by atoms with van der Waals surface area (Å²) in [6.45, 7) is 0.752. The molecule has 0 radical (unpaired) electrons. The third kappa shape index (κ3) is 2.18. The molecule has 1 amide bonds. The minimum absolute atomic E-state index is 0.0931. The van der Waals surface area contributed by atoms with E-state index < -0.39 is 12.0 Å². The molecule has 1 N–H and O–H groups in total. The first-order chi connectivity index (χ1) is 6.16. The molecule has 13 heavy (non-hydrogen) atoms. The highest BCUT2D eigenvalue weighted by atomic mass is 16.5. The molecule has 0 aromatic rings. The lowest BCUT2D eigenvalue weighted by Crippen LogP contribution is -2.40. The summed E-state index contributed by atoms with van der Waals surface area (Å²) in [4.78, 5) is 23.3. The minimum atomic E-state index is -0.929. The van der Waals surface area contributed by atoms with Crippen molar-refractivity contribution in [3.8, 4) is 0 Å². The average molecular weight is 187 g/mol. The van der Waals surface area contributed by atoms with Gasteiger partial charge in [0.1, 0.15) is 6.04 Å². The van der Waals surface area contributed by atoms with Crippen molar-refractivity contribution >= 4 is 11.9 Å². The van der Waals surface area contributed by atoms with Gasteiger partial charge in [-0.15, -0.1) is 0 Å². The summed E-state index contributed by atoms with van der Waals surface area (Å²) < 4.78 is 4.79. The average Bonchev–Trinajstić information content (AvgIpc) is 2.43. The maximum Gasteiger partial charge on any atom is 0.326 e. The zero-order chi connectivity index (χ0) is 9.84. The van der Waals surface area contributed by atoms with Crippen molar-refractivity contribution in [2.45, 2.75) is 18.9 Å². The van der Waals surface area contributed by atoms with Crippen molar-refractivity contribution in [2.75, 3.05) is 20.3 Å². The van der Waals surface area contributed by atoms with Crippen LogP contribution in [0, 0.1) is 0 Å². The molecule has 5 heteroatoms. The molecule has 1 unspecified atom stereocenters. The summed E-state index contributed by atoms with van der Waals surface area (Å²) in [6.07, 6.45) is 0.749. The Morgan fingerprint density at radius 2 is 2.46 bits per heavy atom. The number of carbonyl (C=O) groups is 2.